The highest BCUT2D eigenvalue weighted by Crippen LogP contribution is 2.19. The molecule has 0 heterocycles. The molecule has 2 rings (SSSR count). The molecule has 2 aromatic rings. The molecule has 0 spiro atoms. The van der Waals surface area contributed by atoms with E-state index in [0.717, 1.165) is 0 Å². The predicted molar refractivity (Wildman–Crippen MR) is 100 cm³/mol. The van der Waals surface area contributed by atoms with Crippen molar-refractivity contribution in [2.75, 3.05) is 11.9 Å². The van der Waals surface area contributed by atoms with Crippen molar-refractivity contribution in [3.63, 3.8) is 0 Å². The van der Waals surface area contributed by atoms with E-state index < -0.39 is 17.8 Å². The Bertz CT molecular complexity index is 780. The van der Waals surface area contributed by atoms with E-state index in [9.17, 15) is 14.0 Å². The molecule has 2 atom stereocenters. The van der Waals surface area contributed by atoms with Crippen molar-refractivity contribution in [1.29, 1.82) is 0 Å². The van der Waals surface area contributed by atoms with Crippen LogP contribution >= 0.6 is 0 Å². The number of carbonyl (C=O) groups is 2. The average molecular weight is 374 g/mol. The molecule has 27 heavy (non-hydrogen) atoms. The maximum absolute atomic E-state index is 13.7. The summed E-state index contributed by atoms with van der Waals surface area (Å²) in [6.45, 7) is 3.30. The number of hydrogen-bond acceptors (Lipinski definition) is 4. The predicted octanol–water partition coefficient (Wildman–Crippen LogP) is 2.73. The second-order valence-electron chi connectivity index (χ2n) is 6.07. The first-order valence-electron chi connectivity index (χ1n) is 8.68. The second kappa shape index (κ2) is 9.68. The number of aliphatic hydroxyl groups excluding tert-OH is 1. The van der Waals surface area contributed by atoms with Crippen LogP contribution in [0.5, 0.6) is 5.75 Å². The molecule has 0 bridgehead atoms. The minimum atomic E-state index is -0.852. The van der Waals surface area contributed by atoms with Gasteiger partial charge in [-0.05, 0) is 49.7 Å². The number of para-hydroxylation sites is 1. The normalized spacial score (nSPS) is 12.7. The molecule has 0 radical (unpaired) electrons. The molecule has 2 amide bonds. The molecule has 0 fully saturated rings. The van der Waals surface area contributed by atoms with Gasteiger partial charge in [-0.1, -0.05) is 19.1 Å². The van der Waals surface area contributed by atoms with E-state index in [2.05, 4.69) is 10.6 Å². The number of halogens is 1. The van der Waals surface area contributed by atoms with Crippen molar-refractivity contribution >= 4 is 17.5 Å². The van der Waals surface area contributed by atoms with Gasteiger partial charge in [0.2, 0.25) is 0 Å². The fraction of sp³-hybridized carbons (Fsp3) is 0.300. The lowest BCUT2D eigenvalue weighted by atomic mass is 10.1. The summed E-state index contributed by atoms with van der Waals surface area (Å²) in [6.07, 6.45) is -0.491. The Labute approximate surface area is 157 Å². The summed E-state index contributed by atoms with van der Waals surface area (Å²) < 4.78 is 19.2. The Morgan fingerprint density at radius 1 is 1.15 bits per heavy atom. The summed E-state index contributed by atoms with van der Waals surface area (Å²) in [7, 11) is 0. The van der Waals surface area contributed by atoms with Crippen LogP contribution in [0.4, 0.5) is 10.1 Å². The van der Waals surface area contributed by atoms with E-state index in [-0.39, 0.29) is 24.3 Å². The van der Waals surface area contributed by atoms with Gasteiger partial charge in [0.05, 0.1) is 6.61 Å². The molecular weight excluding hydrogens is 351 g/mol. The Kier molecular flexibility index (Phi) is 7.31. The zero-order valence-corrected chi connectivity index (χ0v) is 15.2. The van der Waals surface area contributed by atoms with Crippen LogP contribution in [0.1, 0.15) is 30.6 Å². The SMILES string of the molecule is CC[C@@H](Oc1ccccc1F)C(=O)Nc1ccc(C(=O)N[C@H](C)CO)cc1. The third-order valence-electron chi connectivity index (χ3n) is 3.84. The molecule has 7 heteroatoms. The van der Waals surface area contributed by atoms with Crippen LogP contribution in [0.3, 0.4) is 0 Å². The summed E-state index contributed by atoms with van der Waals surface area (Å²) >= 11 is 0. The maximum atomic E-state index is 13.7. The molecule has 2 aromatic carbocycles. The number of rotatable bonds is 8. The summed E-state index contributed by atoms with van der Waals surface area (Å²) in [6, 6.07) is 11.9. The minimum Gasteiger partial charge on any atom is -0.478 e. The summed E-state index contributed by atoms with van der Waals surface area (Å²) in [5.74, 6) is -1.24. The average Bonchev–Trinajstić information content (AvgIpc) is 2.67. The zero-order valence-electron chi connectivity index (χ0n) is 15.2. The lowest BCUT2D eigenvalue weighted by Gasteiger charge is -2.18. The van der Waals surface area contributed by atoms with Gasteiger partial charge in [0.25, 0.3) is 11.8 Å². The lowest BCUT2D eigenvalue weighted by Crippen LogP contribution is -2.35. The van der Waals surface area contributed by atoms with Gasteiger partial charge in [-0.3, -0.25) is 9.59 Å². The van der Waals surface area contributed by atoms with Gasteiger partial charge in [-0.2, -0.15) is 0 Å². The van der Waals surface area contributed by atoms with Crippen LogP contribution in [0.25, 0.3) is 0 Å². The lowest BCUT2D eigenvalue weighted by molar-refractivity contribution is -0.122. The Morgan fingerprint density at radius 2 is 1.81 bits per heavy atom. The van der Waals surface area contributed by atoms with Gasteiger partial charge in [-0.15, -0.1) is 0 Å². The molecular formula is C20H23FN2O4. The molecule has 0 aliphatic rings. The van der Waals surface area contributed by atoms with Gasteiger partial charge >= 0.3 is 0 Å². The smallest absolute Gasteiger partial charge is 0.265 e. The summed E-state index contributed by atoms with van der Waals surface area (Å²) in [4.78, 5) is 24.4. The summed E-state index contributed by atoms with van der Waals surface area (Å²) in [5, 5.41) is 14.3. The standard InChI is InChI=1S/C20H23FN2O4/c1-3-17(27-18-7-5-4-6-16(18)21)20(26)23-15-10-8-14(9-11-15)19(25)22-13(2)12-24/h4-11,13,17,24H,3,12H2,1-2H3,(H,22,25)(H,23,26)/t13-,17-/m1/s1. The van der Waals surface area contributed by atoms with Crippen LogP contribution < -0.4 is 15.4 Å². The quantitative estimate of drug-likeness (QED) is 0.663. The molecule has 6 nitrogen and oxygen atoms in total. The minimum absolute atomic E-state index is 0.0181. The van der Waals surface area contributed by atoms with E-state index in [1.807, 2.05) is 0 Å². The van der Waals surface area contributed by atoms with Crippen LogP contribution in [0.2, 0.25) is 0 Å². The van der Waals surface area contributed by atoms with Crippen molar-refractivity contribution in [2.45, 2.75) is 32.4 Å². The van der Waals surface area contributed by atoms with Gasteiger partial charge in [0.1, 0.15) is 0 Å². The maximum Gasteiger partial charge on any atom is 0.265 e. The van der Waals surface area contributed by atoms with Crippen molar-refractivity contribution in [2.24, 2.45) is 0 Å². The molecule has 0 aromatic heterocycles. The molecule has 144 valence electrons. The van der Waals surface area contributed by atoms with Crippen LogP contribution in [-0.2, 0) is 4.79 Å². The molecule has 0 saturated heterocycles. The molecule has 0 unspecified atom stereocenters. The number of carbonyl (C=O) groups excluding carboxylic acids is 2. The number of aliphatic hydroxyl groups is 1. The van der Waals surface area contributed by atoms with Crippen LogP contribution in [0.15, 0.2) is 48.5 Å². The highest BCUT2D eigenvalue weighted by molar-refractivity contribution is 5.97. The number of amides is 2. The van der Waals surface area contributed by atoms with E-state index in [1.54, 1.807) is 50.2 Å². The number of anilines is 1. The van der Waals surface area contributed by atoms with Crippen molar-refractivity contribution in [3.8, 4) is 5.75 Å². The third-order valence-corrected chi connectivity index (χ3v) is 3.84. The first-order valence-corrected chi connectivity index (χ1v) is 8.68. The fourth-order valence-corrected chi connectivity index (χ4v) is 2.30. The number of ether oxygens (including phenoxy) is 1. The number of nitrogens with one attached hydrogen (secondary N) is 2. The molecule has 0 saturated carbocycles. The van der Waals surface area contributed by atoms with Crippen molar-refractivity contribution in [1.82, 2.24) is 5.32 Å². The van der Waals surface area contributed by atoms with Gasteiger partial charge < -0.3 is 20.5 Å². The number of hydrogen-bond donors (Lipinski definition) is 3. The summed E-state index contributed by atoms with van der Waals surface area (Å²) in [5.41, 5.74) is 0.894. The van der Waals surface area contributed by atoms with E-state index >= 15 is 0 Å². The highest BCUT2D eigenvalue weighted by atomic mass is 19.1. The first kappa shape index (κ1) is 20.4. The molecule has 0 aliphatic carbocycles. The van der Waals surface area contributed by atoms with E-state index in [1.165, 1.54) is 12.1 Å². The second-order valence-corrected chi connectivity index (χ2v) is 6.07. The van der Waals surface area contributed by atoms with Gasteiger partial charge in [-0.25, -0.2) is 4.39 Å². The molecule has 0 aliphatic heterocycles. The monoisotopic (exact) mass is 374 g/mol. The van der Waals surface area contributed by atoms with E-state index in [0.29, 0.717) is 17.7 Å². The molecule has 3 N–H and O–H groups in total. The van der Waals surface area contributed by atoms with Crippen molar-refractivity contribution in [3.05, 3.63) is 59.9 Å². The first-order chi connectivity index (χ1) is 12.9. The Hall–Kier alpha value is -2.93. The fourth-order valence-electron chi connectivity index (χ4n) is 2.30. The largest absolute Gasteiger partial charge is 0.478 e. The van der Waals surface area contributed by atoms with Crippen LogP contribution in [0, 0.1) is 5.82 Å². The van der Waals surface area contributed by atoms with Gasteiger partial charge in [0, 0.05) is 17.3 Å². The third kappa shape index (κ3) is 5.79. The van der Waals surface area contributed by atoms with E-state index in [4.69, 9.17) is 9.84 Å². The Morgan fingerprint density at radius 3 is 2.41 bits per heavy atom. The van der Waals surface area contributed by atoms with Crippen molar-refractivity contribution < 1.29 is 23.8 Å². The topological polar surface area (TPSA) is 87.7 Å². The number of benzene rings is 2. The zero-order chi connectivity index (χ0) is 19.8. The Balaban J connectivity index is 1.99. The highest BCUT2D eigenvalue weighted by Gasteiger charge is 2.20. The van der Waals surface area contributed by atoms with Gasteiger partial charge in [0.15, 0.2) is 17.7 Å². The van der Waals surface area contributed by atoms with Crippen LogP contribution in [-0.4, -0.2) is 35.7 Å².